The molecule has 2 atom stereocenters. The van der Waals surface area contributed by atoms with Gasteiger partial charge in [0.2, 0.25) is 17.5 Å². The molecule has 128 valence electrons. The van der Waals surface area contributed by atoms with Crippen molar-refractivity contribution in [1.82, 2.24) is 15.2 Å². The lowest BCUT2D eigenvalue weighted by atomic mass is 10.3. The fraction of sp³-hybridized carbons (Fsp3) is 0.706. The van der Waals surface area contributed by atoms with E-state index < -0.39 is 0 Å². The lowest BCUT2D eigenvalue weighted by molar-refractivity contribution is 0.193. The van der Waals surface area contributed by atoms with Crippen LogP contribution in [0.1, 0.15) is 43.7 Å². The number of carbonyl (C=O) groups is 1. The Balaban J connectivity index is 1.32. The monoisotopic (exact) mass is 329 g/mol. The van der Waals surface area contributed by atoms with E-state index in [1.54, 1.807) is 0 Å². The van der Waals surface area contributed by atoms with E-state index in [4.69, 9.17) is 4.42 Å². The number of piperazine rings is 1. The largest absolute Gasteiger partial charge is 0.423 e. The van der Waals surface area contributed by atoms with Crippen LogP contribution in [-0.4, -0.2) is 48.6 Å². The second-order valence-electron chi connectivity index (χ2n) is 7.23. The molecule has 3 aliphatic rings. The van der Waals surface area contributed by atoms with Crippen molar-refractivity contribution < 1.29 is 9.21 Å². The number of nitrogens with zero attached hydrogens (tertiary/aromatic N) is 4. The van der Waals surface area contributed by atoms with E-state index in [-0.39, 0.29) is 6.03 Å². The molecule has 2 heterocycles. The normalized spacial score (nSPS) is 26.2. The first kappa shape index (κ1) is 15.3. The number of hydrogen-bond acceptors (Lipinski definition) is 5. The molecule has 1 aliphatic heterocycles. The number of anilines is 1. The Morgan fingerprint density at radius 2 is 2.08 bits per heavy atom. The number of carbonyl (C=O) groups excluding carboxylic acids is 1. The first-order valence-corrected chi connectivity index (χ1v) is 8.84. The molecule has 1 aromatic rings. The van der Waals surface area contributed by atoms with Crippen molar-refractivity contribution in [3.8, 4) is 6.07 Å². The highest BCUT2D eigenvalue weighted by molar-refractivity contribution is 5.74. The zero-order chi connectivity index (χ0) is 16.7. The Kier molecular flexibility index (Phi) is 3.83. The molecule has 7 heteroatoms. The maximum Gasteiger partial charge on any atom is 0.317 e. The number of urea groups is 1. The van der Waals surface area contributed by atoms with Crippen molar-refractivity contribution in [2.45, 2.75) is 32.1 Å². The molecule has 0 aromatic carbocycles. The SMILES string of the molecule is C[C@@H]1C[C@H]1CNC(=O)N1CCN(c2oc(C3CC3)nc2C#N)CC1. The number of nitrogens with one attached hydrogen (secondary N) is 1. The van der Waals surface area contributed by atoms with Gasteiger partial charge in [0.15, 0.2) is 0 Å². The molecule has 0 radical (unpaired) electrons. The van der Waals surface area contributed by atoms with Crippen LogP contribution in [0.2, 0.25) is 0 Å². The Hall–Kier alpha value is -2.23. The first-order valence-electron chi connectivity index (χ1n) is 8.84. The van der Waals surface area contributed by atoms with Crippen molar-refractivity contribution in [2.75, 3.05) is 37.6 Å². The molecule has 4 rings (SSSR count). The van der Waals surface area contributed by atoms with E-state index in [2.05, 4.69) is 23.3 Å². The number of oxazole rings is 1. The fourth-order valence-electron chi connectivity index (χ4n) is 3.25. The van der Waals surface area contributed by atoms with E-state index in [0.29, 0.717) is 55.5 Å². The van der Waals surface area contributed by atoms with Crippen LogP contribution >= 0.6 is 0 Å². The van der Waals surface area contributed by atoms with Gasteiger partial charge in [0.1, 0.15) is 6.07 Å². The predicted molar refractivity (Wildman–Crippen MR) is 87.6 cm³/mol. The topological polar surface area (TPSA) is 85.4 Å². The minimum Gasteiger partial charge on any atom is -0.423 e. The highest BCUT2D eigenvalue weighted by Crippen LogP contribution is 2.41. The summed E-state index contributed by atoms with van der Waals surface area (Å²) in [6.45, 7) is 5.61. The number of nitriles is 1. The summed E-state index contributed by atoms with van der Waals surface area (Å²) in [6.07, 6.45) is 3.41. The molecule has 0 bridgehead atoms. The second-order valence-corrected chi connectivity index (χ2v) is 7.23. The zero-order valence-electron chi connectivity index (χ0n) is 14.0. The molecule has 1 saturated heterocycles. The van der Waals surface area contributed by atoms with Gasteiger partial charge >= 0.3 is 6.03 Å². The van der Waals surface area contributed by atoms with Crippen LogP contribution in [-0.2, 0) is 0 Å². The third-order valence-electron chi connectivity index (χ3n) is 5.30. The maximum absolute atomic E-state index is 12.2. The minimum atomic E-state index is 0.0190. The number of hydrogen-bond donors (Lipinski definition) is 1. The van der Waals surface area contributed by atoms with Gasteiger partial charge in [0, 0.05) is 38.6 Å². The van der Waals surface area contributed by atoms with Gasteiger partial charge in [-0.05, 0) is 31.1 Å². The van der Waals surface area contributed by atoms with Crippen LogP contribution in [0.5, 0.6) is 0 Å². The summed E-state index contributed by atoms with van der Waals surface area (Å²) in [6, 6.07) is 2.15. The fourth-order valence-corrected chi connectivity index (χ4v) is 3.25. The zero-order valence-corrected chi connectivity index (χ0v) is 14.0. The van der Waals surface area contributed by atoms with Gasteiger partial charge in [0.05, 0.1) is 0 Å². The predicted octanol–water partition coefficient (Wildman–Crippen LogP) is 1.91. The summed E-state index contributed by atoms with van der Waals surface area (Å²) in [4.78, 5) is 20.4. The highest BCUT2D eigenvalue weighted by Gasteiger charge is 2.34. The smallest absolute Gasteiger partial charge is 0.317 e. The van der Waals surface area contributed by atoms with Gasteiger partial charge in [-0.3, -0.25) is 0 Å². The summed E-state index contributed by atoms with van der Waals surface area (Å²) in [5, 5.41) is 12.3. The Morgan fingerprint density at radius 1 is 1.38 bits per heavy atom. The summed E-state index contributed by atoms with van der Waals surface area (Å²) in [5.74, 6) is 3.07. The number of amides is 2. The van der Waals surface area contributed by atoms with Crippen molar-refractivity contribution in [3.05, 3.63) is 11.6 Å². The van der Waals surface area contributed by atoms with Crippen molar-refractivity contribution in [3.63, 3.8) is 0 Å². The van der Waals surface area contributed by atoms with Crippen molar-refractivity contribution in [1.29, 1.82) is 5.26 Å². The van der Waals surface area contributed by atoms with E-state index >= 15 is 0 Å². The summed E-state index contributed by atoms with van der Waals surface area (Å²) < 4.78 is 5.84. The lowest BCUT2D eigenvalue weighted by Crippen LogP contribution is -2.52. The minimum absolute atomic E-state index is 0.0190. The molecule has 7 nitrogen and oxygen atoms in total. The van der Waals surface area contributed by atoms with E-state index in [1.165, 1.54) is 6.42 Å². The standard InChI is InChI=1S/C17H23N5O2/c1-11-8-13(11)10-19-17(23)22-6-4-21(5-7-22)16-14(9-18)20-15(24-16)12-2-3-12/h11-13H,2-8,10H2,1H3,(H,19,23)/t11-,13+/m1/s1. The Morgan fingerprint density at radius 3 is 2.67 bits per heavy atom. The summed E-state index contributed by atoms with van der Waals surface area (Å²) in [5.41, 5.74) is 0.373. The van der Waals surface area contributed by atoms with Crippen LogP contribution in [0.4, 0.5) is 10.7 Å². The lowest BCUT2D eigenvalue weighted by Gasteiger charge is -2.34. The van der Waals surface area contributed by atoms with Crippen molar-refractivity contribution in [2.24, 2.45) is 11.8 Å². The van der Waals surface area contributed by atoms with E-state index in [9.17, 15) is 10.1 Å². The third-order valence-corrected chi connectivity index (χ3v) is 5.30. The first-order chi connectivity index (χ1) is 11.7. The average molecular weight is 329 g/mol. The van der Waals surface area contributed by atoms with Crippen molar-refractivity contribution >= 4 is 11.9 Å². The van der Waals surface area contributed by atoms with Crippen LogP contribution in [0.25, 0.3) is 0 Å². The van der Waals surface area contributed by atoms with Gasteiger partial charge in [-0.1, -0.05) is 6.92 Å². The molecule has 2 saturated carbocycles. The molecular weight excluding hydrogens is 306 g/mol. The third kappa shape index (κ3) is 3.05. The second kappa shape index (κ2) is 6.00. The van der Waals surface area contributed by atoms with Gasteiger partial charge in [-0.2, -0.15) is 5.26 Å². The number of aromatic nitrogens is 1. The summed E-state index contributed by atoms with van der Waals surface area (Å²) >= 11 is 0. The molecule has 1 N–H and O–H groups in total. The molecule has 0 spiro atoms. The van der Waals surface area contributed by atoms with E-state index in [1.807, 2.05) is 9.80 Å². The van der Waals surface area contributed by atoms with Gasteiger partial charge < -0.3 is 19.5 Å². The molecule has 24 heavy (non-hydrogen) atoms. The number of rotatable bonds is 4. The Bertz CT molecular complexity index is 667. The van der Waals surface area contributed by atoms with Gasteiger partial charge in [-0.25, -0.2) is 9.78 Å². The van der Waals surface area contributed by atoms with Crippen LogP contribution in [0.15, 0.2) is 4.42 Å². The quantitative estimate of drug-likeness (QED) is 0.912. The average Bonchev–Trinajstić information content (AvgIpc) is 3.52. The molecule has 1 aromatic heterocycles. The van der Waals surface area contributed by atoms with Crippen LogP contribution in [0.3, 0.4) is 0 Å². The van der Waals surface area contributed by atoms with Crippen LogP contribution in [0, 0.1) is 23.2 Å². The van der Waals surface area contributed by atoms with Gasteiger partial charge in [-0.15, -0.1) is 0 Å². The van der Waals surface area contributed by atoms with Gasteiger partial charge in [0.25, 0.3) is 0 Å². The molecular formula is C17H23N5O2. The molecule has 2 amide bonds. The molecule has 0 unspecified atom stereocenters. The molecule has 2 aliphatic carbocycles. The Labute approximate surface area is 141 Å². The maximum atomic E-state index is 12.2. The van der Waals surface area contributed by atoms with E-state index in [0.717, 1.165) is 25.3 Å². The summed E-state index contributed by atoms with van der Waals surface area (Å²) in [7, 11) is 0. The highest BCUT2D eigenvalue weighted by atomic mass is 16.4. The molecule has 3 fully saturated rings. The van der Waals surface area contributed by atoms with Crippen LogP contribution < -0.4 is 10.2 Å².